The molecular formula is C21H16N4O5S. The molecule has 0 unspecified atom stereocenters. The van der Waals surface area contributed by atoms with Crippen molar-refractivity contribution < 1.29 is 19.1 Å². The Bertz CT molecular complexity index is 1250. The van der Waals surface area contributed by atoms with Gasteiger partial charge in [0.25, 0.3) is 0 Å². The summed E-state index contributed by atoms with van der Waals surface area (Å²) in [6.07, 6.45) is 1.52. The highest BCUT2D eigenvalue weighted by molar-refractivity contribution is 7.11. The van der Waals surface area contributed by atoms with E-state index in [1.54, 1.807) is 6.92 Å². The number of nitrogens with one attached hydrogen (secondary N) is 1. The zero-order chi connectivity index (χ0) is 22.0. The van der Waals surface area contributed by atoms with Gasteiger partial charge in [0.2, 0.25) is 6.79 Å². The van der Waals surface area contributed by atoms with Crippen molar-refractivity contribution in [2.45, 2.75) is 6.92 Å². The first kappa shape index (κ1) is 20.2. The summed E-state index contributed by atoms with van der Waals surface area (Å²) in [6, 6.07) is 10.6. The maximum absolute atomic E-state index is 11.2. The molecule has 0 atom stereocenters. The summed E-state index contributed by atoms with van der Waals surface area (Å²) in [7, 11) is 1.37. The Morgan fingerprint density at radius 3 is 2.90 bits per heavy atom. The predicted octanol–water partition coefficient (Wildman–Crippen LogP) is 4.74. The van der Waals surface area contributed by atoms with Gasteiger partial charge in [0, 0.05) is 35.0 Å². The van der Waals surface area contributed by atoms with Crippen LogP contribution in [0.4, 0.5) is 11.4 Å². The van der Waals surface area contributed by atoms with Gasteiger partial charge >= 0.3 is 5.69 Å². The van der Waals surface area contributed by atoms with Gasteiger partial charge in [0.15, 0.2) is 17.2 Å². The molecule has 0 saturated heterocycles. The normalized spacial score (nSPS) is 12.4. The van der Waals surface area contributed by atoms with Crippen molar-refractivity contribution in [2.75, 3.05) is 19.2 Å². The minimum atomic E-state index is -0.501. The van der Waals surface area contributed by atoms with Gasteiger partial charge in [-0.2, -0.15) is 5.26 Å². The summed E-state index contributed by atoms with van der Waals surface area (Å²) < 4.78 is 15.8. The topological polar surface area (TPSA) is 120 Å². The number of aryl methyl sites for hydroxylation is 1. The molecule has 3 aromatic rings. The van der Waals surface area contributed by atoms with Gasteiger partial charge in [-0.05, 0) is 30.7 Å². The third-order valence-corrected chi connectivity index (χ3v) is 5.49. The Kier molecular flexibility index (Phi) is 5.43. The Balaban J connectivity index is 1.59. The summed E-state index contributed by atoms with van der Waals surface area (Å²) in [6.45, 7) is 1.93. The number of methoxy groups -OCH3 is 1. The van der Waals surface area contributed by atoms with E-state index in [0.29, 0.717) is 39.0 Å². The molecule has 0 saturated carbocycles. The SMILES string of the molecule is COc1cc(N/C=C(\C#N)c2nc(-c3ccc4c(c3)OCO4)cs2)c(C)cc1[N+](=O)[O-]. The standard InChI is InChI=1S/C21H16N4O5S/c1-12-5-17(25(26)27)19(28-2)7-15(12)23-9-14(8-22)21-24-16(10-31-21)13-3-4-18-20(6-13)30-11-29-18/h3-7,9-10,23H,11H2,1-2H3/b14-9+. The molecule has 4 rings (SSSR count). The fraction of sp³-hybridized carbons (Fsp3) is 0.143. The molecule has 1 N–H and O–H groups in total. The summed E-state index contributed by atoms with van der Waals surface area (Å²) in [5.74, 6) is 1.48. The molecular weight excluding hydrogens is 420 g/mol. The van der Waals surface area contributed by atoms with Crippen LogP contribution in [0.1, 0.15) is 10.6 Å². The van der Waals surface area contributed by atoms with Crippen molar-refractivity contribution in [2.24, 2.45) is 0 Å². The number of benzene rings is 2. The van der Waals surface area contributed by atoms with E-state index in [9.17, 15) is 15.4 Å². The number of thiazole rings is 1. The molecule has 156 valence electrons. The van der Waals surface area contributed by atoms with Gasteiger partial charge in [-0.3, -0.25) is 10.1 Å². The summed E-state index contributed by atoms with van der Waals surface area (Å²) in [4.78, 5) is 15.2. The molecule has 1 aliphatic rings. The lowest BCUT2D eigenvalue weighted by Gasteiger charge is -2.09. The van der Waals surface area contributed by atoms with E-state index < -0.39 is 4.92 Å². The molecule has 0 radical (unpaired) electrons. The van der Waals surface area contributed by atoms with Crippen molar-refractivity contribution in [3.8, 4) is 34.6 Å². The van der Waals surface area contributed by atoms with Gasteiger partial charge in [0.05, 0.1) is 17.7 Å². The number of nitro groups is 1. The summed E-state index contributed by atoms with van der Waals surface area (Å²) in [5.41, 5.74) is 3.00. The van der Waals surface area contributed by atoms with Crippen LogP contribution in [-0.2, 0) is 0 Å². The van der Waals surface area contributed by atoms with Crippen LogP contribution >= 0.6 is 11.3 Å². The van der Waals surface area contributed by atoms with Crippen LogP contribution in [0.25, 0.3) is 16.8 Å². The van der Waals surface area contributed by atoms with Gasteiger partial charge in [-0.25, -0.2) is 4.98 Å². The van der Waals surface area contributed by atoms with Crippen molar-refractivity contribution in [3.05, 3.63) is 62.6 Å². The first-order valence-corrected chi connectivity index (χ1v) is 9.94. The highest BCUT2D eigenvalue weighted by Gasteiger charge is 2.18. The molecule has 0 bridgehead atoms. The second-order valence-electron chi connectivity index (χ2n) is 6.52. The number of nitro benzene ring substituents is 1. The Morgan fingerprint density at radius 1 is 1.35 bits per heavy atom. The third-order valence-electron chi connectivity index (χ3n) is 4.62. The summed E-state index contributed by atoms with van der Waals surface area (Å²) >= 11 is 1.34. The van der Waals surface area contributed by atoms with Crippen LogP contribution in [0.2, 0.25) is 0 Å². The highest BCUT2D eigenvalue weighted by atomic mass is 32.1. The highest BCUT2D eigenvalue weighted by Crippen LogP contribution is 2.37. The van der Waals surface area contributed by atoms with Crippen LogP contribution in [0.5, 0.6) is 17.2 Å². The number of allylic oxidation sites excluding steroid dienone is 1. The minimum Gasteiger partial charge on any atom is -0.490 e. The molecule has 2 heterocycles. The summed E-state index contributed by atoms with van der Waals surface area (Å²) in [5, 5.41) is 26.2. The lowest BCUT2D eigenvalue weighted by molar-refractivity contribution is -0.385. The van der Waals surface area contributed by atoms with E-state index in [1.807, 2.05) is 23.6 Å². The fourth-order valence-electron chi connectivity index (χ4n) is 3.01. The monoisotopic (exact) mass is 436 g/mol. The fourth-order valence-corrected chi connectivity index (χ4v) is 3.81. The van der Waals surface area contributed by atoms with E-state index in [1.165, 1.54) is 36.8 Å². The van der Waals surface area contributed by atoms with Crippen molar-refractivity contribution in [3.63, 3.8) is 0 Å². The molecule has 0 amide bonds. The lowest BCUT2D eigenvalue weighted by Crippen LogP contribution is -1.99. The first-order valence-electron chi connectivity index (χ1n) is 9.06. The first-order chi connectivity index (χ1) is 15.0. The number of hydrogen-bond donors (Lipinski definition) is 1. The van der Waals surface area contributed by atoms with Crippen molar-refractivity contribution in [1.82, 2.24) is 4.98 Å². The molecule has 1 aromatic heterocycles. The van der Waals surface area contributed by atoms with E-state index in [0.717, 1.165) is 5.56 Å². The second-order valence-corrected chi connectivity index (χ2v) is 7.37. The molecule has 9 nitrogen and oxygen atoms in total. The zero-order valence-electron chi connectivity index (χ0n) is 16.5. The van der Waals surface area contributed by atoms with Gasteiger partial charge in [0.1, 0.15) is 16.6 Å². The number of aromatic nitrogens is 1. The smallest absolute Gasteiger partial charge is 0.311 e. The number of rotatable bonds is 6. The maximum atomic E-state index is 11.2. The molecule has 31 heavy (non-hydrogen) atoms. The van der Waals surface area contributed by atoms with E-state index >= 15 is 0 Å². The van der Waals surface area contributed by atoms with Crippen LogP contribution in [0.3, 0.4) is 0 Å². The Hall–Kier alpha value is -4.10. The average Bonchev–Trinajstić information content (AvgIpc) is 3.44. The van der Waals surface area contributed by atoms with Gasteiger partial charge in [-0.1, -0.05) is 0 Å². The third kappa shape index (κ3) is 3.99. The Morgan fingerprint density at radius 2 is 2.16 bits per heavy atom. The predicted molar refractivity (Wildman–Crippen MR) is 115 cm³/mol. The van der Waals surface area contributed by atoms with E-state index in [-0.39, 0.29) is 18.2 Å². The number of nitrogens with zero attached hydrogens (tertiary/aromatic N) is 3. The molecule has 0 fully saturated rings. The number of hydrogen-bond acceptors (Lipinski definition) is 9. The number of fused-ring (bicyclic) bond motifs is 1. The van der Waals surface area contributed by atoms with Crippen LogP contribution < -0.4 is 19.5 Å². The van der Waals surface area contributed by atoms with E-state index in [4.69, 9.17) is 14.2 Å². The molecule has 0 aliphatic carbocycles. The molecule has 0 spiro atoms. The average molecular weight is 436 g/mol. The van der Waals surface area contributed by atoms with Crippen LogP contribution in [-0.4, -0.2) is 23.8 Å². The molecule has 1 aliphatic heterocycles. The second kappa shape index (κ2) is 8.33. The Labute approximate surface area is 181 Å². The molecule has 10 heteroatoms. The maximum Gasteiger partial charge on any atom is 0.311 e. The van der Waals surface area contributed by atoms with E-state index in [2.05, 4.69) is 16.4 Å². The number of anilines is 1. The van der Waals surface area contributed by atoms with Crippen LogP contribution in [0.15, 0.2) is 41.9 Å². The minimum absolute atomic E-state index is 0.122. The number of ether oxygens (including phenoxy) is 3. The largest absolute Gasteiger partial charge is 0.490 e. The van der Waals surface area contributed by atoms with Crippen molar-refractivity contribution in [1.29, 1.82) is 5.26 Å². The van der Waals surface area contributed by atoms with Crippen LogP contribution in [0, 0.1) is 28.4 Å². The zero-order valence-corrected chi connectivity index (χ0v) is 17.4. The number of nitriles is 1. The van der Waals surface area contributed by atoms with Crippen molar-refractivity contribution >= 4 is 28.3 Å². The molecule has 2 aromatic carbocycles. The quantitative estimate of drug-likeness (QED) is 0.334. The lowest BCUT2D eigenvalue weighted by atomic mass is 10.1. The van der Waals surface area contributed by atoms with Gasteiger partial charge < -0.3 is 19.5 Å². The van der Waals surface area contributed by atoms with Gasteiger partial charge in [-0.15, -0.1) is 11.3 Å².